The first-order valence-corrected chi connectivity index (χ1v) is 11.5. The van der Waals surface area contributed by atoms with Crippen LogP contribution in [0.3, 0.4) is 0 Å². The standard InChI is InChI=1S/C25H25F3N2O5/c26-25(27,28)35-19-6-3-17(4-7-19)18-5-8-21-20(12-18)23(32)30(10-11-34-21)14-24(15-33-16-24)13-29-9-1-2-22(29)31/h3-8,12H,1-2,9-11,13-16H2. The van der Waals surface area contributed by atoms with Gasteiger partial charge in [-0.25, -0.2) is 0 Å². The lowest BCUT2D eigenvalue weighted by molar-refractivity contribution is -0.274. The predicted octanol–water partition coefficient (Wildman–Crippen LogP) is 3.73. The molecule has 2 amide bonds. The minimum Gasteiger partial charge on any atom is -0.491 e. The van der Waals surface area contributed by atoms with Crippen molar-refractivity contribution in [1.82, 2.24) is 9.80 Å². The zero-order valence-electron chi connectivity index (χ0n) is 19.0. The molecule has 186 valence electrons. The molecule has 0 radical (unpaired) electrons. The van der Waals surface area contributed by atoms with Crippen LogP contribution in [0.15, 0.2) is 42.5 Å². The molecule has 2 aromatic rings. The lowest BCUT2D eigenvalue weighted by atomic mass is 9.84. The van der Waals surface area contributed by atoms with Gasteiger partial charge in [-0.15, -0.1) is 13.2 Å². The summed E-state index contributed by atoms with van der Waals surface area (Å²) < 4.78 is 52.6. The van der Waals surface area contributed by atoms with Crippen LogP contribution < -0.4 is 9.47 Å². The molecule has 35 heavy (non-hydrogen) atoms. The third kappa shape index (κ3) is 5.07. The smallest absolute Gasteiger partial charge is 0.491 e. The van der Waals surface area contributed by atoms with Gasteiger partial charge in [0.1, 0.15) is 18.1 Å². The Kier molecular flexibility index (Phi) is 6.08. The van der Waals surface area contributed by atoms with E-state index >= 15 is 0 Å². The molecule has 3 aliphatic rings. The molecule has 0 saturated carbocycles. The van der Waals surface area contributed by atoms with Gasteiger partial charge < -0.3 is 24.0 Å². The molecule has 0 unspecified atom stereocenters. The van der Waals surface area contributed by atoms with Crippen molar-refractivity contribution in [2.24, 2.45) is 5.41 Å². The van der Waals surface area contributed by atoms with Crippen LogP contribution in [0.5, 0.6) is 11.5 Å². The van der Waals surface area contributed by atoms with Crippen molar-refractivity contribution in [3.8, 4) is 22.6 Å². The molecule has 2 fully saturated rings. The molecule has 7 nitrogen and oxygen atoms in total. The molecule has 0 bridgehead atoms. The highest BCUT2D eigenvalue weighted by atomic mass is 19.4. The topological polar surface area (TPSA) is 68.3 Å². The molecule has 0 aromatic heterocycles. The van der Waals surface area contributed by atoms with E-state index in [4.69, 9.17) is 9.47 Å². The number of alkyl halides is 3. The summed E-state index contributed by atoms with van der Waals surface area (Å²) in [7, 11) is 0. The summed E-state index contributed by atoms with van der Waals surface area (Å²) in [5.41, 5.74) is 1.41. The normalized spacial score (nSPS) is 19.6. The van der Waals surface area contributed by atoms with Gasteiger partial charge in [-0.1, -0.05) is 18.2 Å². The highest BCUT2D eigenvalue weighted by Gasteiger charge is 2.44. The van der Waals surface area contributed by atoms with Gasteiger partial charge in [-0.2, -0.15) is 0 Å². The molecule has 0 spiro atoms. The second kappa shape index (κ2) is 9.07. The monoisotopic (exact) mass is 490 g/mol. The van der Waals surface area contributed by atoms with Gasteiger partial charge in [0.15, 0.2) is 0 Å². The van der Waals surface area contributed by atoms with E-state index in [-0.39, 0.29) is 23.0 Å². The number of benzene rings is 2. The maximum atomic E-state index is 13.5. The van der Waals surface area contributed by atoms with Crippen LogP contribution in [0.25, 0.3) is 11.1 Å². The zero-order chi connectivity index (χ0) is 24.6. The number of nitrogens with zero attached hydrogens (tertiary/aromatic N) is 2. The highest BCUT2D eigenvalue weighted by molar-refractivity contribution is 5.98. The van der Waals surface area contributed by atoms with E-state index in [9.17, 15) is 22.8 Å². The molecular weight excluding hydrogens is 465 g/mol. The second-order valence-electron chi connectivity index (χ2n) is 9.27. The van der Waals surface area contributed by atoms with Gasteiger partial charge in [-0.3, -0.25) is 9.59 Å². The maximum Gasteiger partial charge on any atom is 0.573 e. The van der Waals surface area contributed by atoms with E-state index in [1.165, 1.54) is 24.3 Å². The second-order valence-corrected chi connectivity index (χ2v) is 9.27. The summed E-state index contributed by atoms with van der Waals surface area (Å²) in [6, 6.07) is 10.7. The molecule has 0 aliphatic carbocycles. The highest BCUT2D eigenvalue weighted by Crippen LogP contribution is 2.35. The Balaban J connectivity index is 1.35. The fraction of sp³-hybridized carbons (Fsp3) is 0.440. The van der Waals surface area contributed by atoms with Gasteiger partial charge >= 0.3 is 6.36 Å². The maximum absolute atomic E-state index is 13.5. The first-order chi connectivity index (χ1) is 16.7. The number of carbonyl (C=O) groups excluding carboxylic acids is 2. The first kappa shape index (κ1) is 23.5. The third-order valence-corrected chi connectivity index (χ3v) is 6.58. The van der Waals surface area contributed by atoms with E-state index in [0.717, 1.165) is 13.0 Å². The molecule has 3 aliphatic heterocycles. The zero-order valence-corrected chi connectivity index (χ0v) is 19.0. The Labute approximate surface area is 200 Å². The van der Waals surface area contributed by atoms with Gasteiger partial charge in [0, 0.05) is 26.1 Å². The summed E-state index contributed by atoms with van der Waals surface area (Å²) in [6.45, 7) is 3.46. The number of likely N-dealkylation sites (tertiary alicyclic amines) is 1. The van der Waals surface area contributed by atoms with Crippen LogP contribution in [-0.2, 0) is 9.53 Å². The number of amides is 2. The molecule has 5 rings (SSSR count). The van der Waals surface area contributed by atoms with Gasteiger partial charge in [0.25, 0.3) is 5.91 Å². The van der Waals surface area contributed by atoms with Crippen molar-refractivity contribution >= 4 is 11.8 Å². The van der Waals surface area contributed by atoms with Gasteiger partial charge in [0.05, 0.1) is 30.7 Å². The Bertz CT molecular complexity index is 1120. The molecule has 0 N–H and O–H groups in total. The third-order valence-electron chi connectivity index (χ3n) is 6.58. The van der Waals surface area contributed by atoms with Crippen molar-refractivity contribution in [3.63, 3.8) is 0 Å². The summed E-state index contributed by atoms with van der Waals surface area (Å²) in [5, 5.41) is 0. The Morgan fingerprint density at radius 2 is 1.66 bits per heavy atom. The Morgan fingerprint density at radius 3 is 2.29 bits per heavy atom. The minimum absolute atomic E-state index is 0.142. The fourth-order valence-corrected chi connectivity index (χ4v) is 4.84. The van der Waals surface area contributed by atoms with E-state index in [2.05, 4.69) is 4.74 Å². The van der Waals surface area contributed by atoms with Gasteiger partial charge in [-0.05, 0) is 41.8 Å². The molecule has 10 heteroatoms. The molecule has 2 saturated heterocycles. The van der Waals surface area contributed by atoms with Crippen LogP contribution in [0.4, 0.5) is 13.2 Å². The number of rotatable bonds is 6. The summed E-state index contributed by atoms with van der Waals surface area (Å²) in [6.07, 6.45) is -3.34. The van der Waals surface area contributed by atoms with Crippen LogP contribution in [0.2, 0.25) is 0 Å². The van der Waals surface area contributed by atoms with Crippen molar-refractivity contribution in [2.45, 2.75) is 19.2 Å². The first-order valence-electron chi connectivity index (χ1n) is 11.5. The summed E-state index contributed by atoms with van der Waals surface area (Å²) in [5.74, 6) is 0.108. The average molecular weight is 490 g/mol. The van der Waals surface area contributed by atoms with E-state index < -0.39 is 6.36 Å². The fourth-order valence-electron chi connectivity index (χ4n) is 4.84. The summed E-state index contributed by atoms with van der Waals surface area (Å²) >= 11 is 0. The number of fused-ring (bicyclic) bond motifs is 1. The number of carbonyl (C=O) groups is 2. The number of hydrogen-bond acceptors (Lipinski definition) is 5. The van der Waals surface area contributed by atoms with Crippen molar-refractivity contribution in [3.05, 3.63) is 48.0 Å². The number of halogens is 3. The Morgan fingerprint density at radius 1 is 0.943 bits per heavy atom. The number of ether oxygens (including phenoxy) is 3. The number of hydrogen-bond donors (Lipinski definition) is 0. The quantitative estimate of drug-likeness (QED) is 0.618. The van der Waals surface area contributed by atoms with Crippen molar-refractivity contribution in [1.29, 1.82) is 0 Å². The van der Waals surface area contributed by atoms with Crippen LogP contribution >= 0.6 is 0 Å². The van der Waals surface area contributed by atoms with Crippen molar-refractivity contribution in [2.75, 3.05) is 46.0 Å². The molecular formula is C25H25F3N2O5. The minimum atomic E-state index is -4.76. The summed E-state index contributed by atoms with van der Waals surface area (Å²) in [4.78, 5) is 29.3. The van der Waals surface area contributed by atoms with E-state index in [1.54, 1.807) is 23.1 Å². The van der Waals surface area contributed by atoms with E-state index in [0.29, 0.717) is 68.3 Å². The lowest BCUT2D eigenvalue weighted by Gasteiger charge is -2.46. The predicted molar refractivity (Wildman–Crippen MR) is 119 cm³/mol. The average Bonchev–Trinajstić information content (AvgIpc) is 3.12. The van der Waals surface area contributed by atoms with Crippen LogP contribution in [-0.4, -0.2) is 74.0 Å². The van der Waals surface area contributed by atoms with Crippen LogP contribution in [0.1, 0.15) is 23.2 Å². The largest absolute Gasteiger partial charge is 0.573 e. The lowest BCUT2D eigenvalue weighted by Crippen LogP contribution is -2.58. The molecule has 0 atom stereocenters. The van der Waals surface area contributed by atoms with Crippen LogP contribution in [0, 0.1) is 5.41 Å². The SMILES string of the molecule is O=C1CCCN1CC1(CN2CCOc3ccc(-c4ccc(OC(F)(F)F)cc4)cc3C2=O)COC1. The molecule has 3 heterocycles. The Hall–Kier alpha value is -3.27. The van der Waals surface area contributed by atoms with Gasteiger partial charge in [0.2, 0.25) is 5.91 Å². The van der Waals surface area contributed by atoms with Crippen molar-refractivity contribution < 1.29 is 37.0 Å². The van der Waals surface area contributed by atoms with E-state index in [1.807, 2.05) is 4.90 Å². The molecule has 2 aromatic carbocycles.